The van der Waals surface area contributed by atoms with Crippen LogP contribution in [0.4, 0.5) is 0 Å². The summed E-state index contributed by atoms with van der Waals surface area (Å²) < 4.78 is 5.19. The summed E-state index contributed by atoms with van der Waals surface area (Å²) in [6.45, 7) is 0.530. The van der Waals surface area contributed by atoms with Crippen LogP contribution in [0.5, 0.6) is 5.75 Å². The maximum absolute atomic E-state index is 12.0. The second-order valence-corrected chi connectivity index (χ2v) is 4.90. The molecule has 22 heavy (non-hydrogen) atoms. The highest BCUT2D eigenvalue weighted by molar-refractivity contribution is 5.91. The fourth-order valence-corrected chi connectivity index (χ4v) is 2.16. The summed E-state index contributed by atoms with van der Waals surface area (Å²) in [6, 6.07) is 5.67. The molecule has 0 aliphatic carbocycles. The molecule has 2 heterocycles. The summed E-state index contributed by atoms with van der Waals surface area (Å²) in [6.07, 6.45) is 2.03. The lowest BCUT2D eigenvalue weighted by atomic mass is 10.3. The van der Waals surface area contributed by atoms with E-state index in [-0.39, 0.29) is 5.91 Å². The SMILES string of the molecule is COc1ccc2nc(CCN(C)C(=O)c3cn[nH]n3)[nH]c2c1. The summed E-state index contributed by atoms with van der Waals surface area (Å²) in [5, 5.41) is 9.85. The van der Waals surface area contributed by atoms with Gasteiger partial charge in [-0.2, -0.15) is 15.4 Å². The zero-order valence-corrected chi connectivity index (χ0v) is 12.3. The van der Waals surface area contributed by atoms with E-state index < -0.39 is 0 Å². The van der Waals surface area contributed by atoms with E-state index in [4.69, 9.17) is 4.74 Å². The highest BCUT2D eigenvalue weighted by atomic mass is 16.5. The lowest BCUT2D eigenvalue weighted by molar-refractivity contribution is 0.0790. The van der Waals surface area contributed by atoms with E-state index in [1.165, 1.54) is 6.20 Å². The van der Waals surface area contributed by atoms with Gasteiger partial charge in [-0.25, -0.2) is 4.98 Å². The minimum atomic E-state index is -0.175. The Labute approximate surface area is 126 Å². The Bertz CT molecular complexity index is 780. The first-order valence-corrected chi connectivity index (χ1v) is 6.81. The van der Waals surface area contributed by atoms with Gasteiger partial charge in [-0.3, -0.25) is 4.79 Å². The van der Waals surface area contributed by atoms with Gasteiger partial charge in [0.2, 0.25) is 0 Å². The molecule has 0 saturated carbocycles. The fraction of sp³-hybridized carbons (Fsp3) is 0.286. The number of hydrogen-bond donors (Lipinski definition) is 2. The first-order valence-electron chi connectivity index (χ1n) is 6.81. The molecule has 0 aliphatic rings. The van der Waals surface area contributed by atoms with Crippen molar-refractivity contribution in [3.8, 4) is 5.75 Å². The molecule has 2 aromatic heterocycles. The minimum Gasteiger partial charge on any atom is -0.497 e. The van der Waals surface area contributed by atoms with Crippen LogP contribution in [0.2, 0.25) is 0 Å². The third-order valence-electron chi connectivity index (χ3n) is 3.40. The van der Waals surface area contributed by atoms with Crippen molar-refractivity contribution in [2.75, 3.05) is 20.7 Å². The van der Waals surface area contributed by atoms with E-state index in [1.807, 2.05) is 18.2 Å². The third kappa shape index (κ3) is 2.76. The van der Waals surface area contributed by atoms with Crippen LogP contribution in [-0.4, -0.2) is 56.9 Å². The molecule has 0 aliphatic heterocycles. The number of ether oxygens (including phenoxy) is 1. The highest BCUT2D eigenvalue weighted by Crippen LogP contribution is 2.18. The van der Waals surface area contributed by atoms with Crippen molar-refractivity contribution in [3.63, 3.8) is 0 Å². The average molecular weight is 300 g/mol. The number of fused-ring (bicyclic) bond motifs is 1. The van der Waals surface area contributed by atoms with Crippen LogP contribution < -0.4 is 4.74 Å². The zero-order valence-electron chi connectivity index (χ0n) is 12.3. The number of aromatic amines is 2. The third-order valence-corrected chi connectivity index (χ3v) is 3.40. The van der Waals surface area contributed by atoms with Gasteiger partial charge in [-0.05, 0) is 12.1 Å². The molecule has 0 radical (unpaired) electrons. The number of hydrogen-bond acceptors (Lipinski definition) is 5. The van der Waals surface area contributed by atoms with Crippen molar-refractivity contribution >= 4 is 16.9 Å². The maximum atomic E-state index is 12.0. The van der Waals surface area contributed by atoms with E-state index >= 15 is 0 Å². The lowest BCUT2D eigenvalue weighted by Crippen LogP contribution is -2.29. The largest absolute Gasteiger partial charge is 0.497 e. The Morgan fingerprint density at radius 1 is 1.41 bits per heavy atom. The molecule has 3 rings (SSSR count). The molecule has 8 heteroatoms. The number of methoxy groups -OCH3 is 1. The van der Waals surface area contributed by atoms with E-state index in [1.54, 1.807) is 19.1 Å². The highest BCUT2D eigenvalue weighted by Gasteiger charge is 2.14. The van der Waals surface area contributed by atoms with Gasteiger partial charge in [0, 0.05) is 26.1 Å². The van der Waals surface area contributed by atoms with Gasteiger partial charge in [-0.15, -0.1) is 0 Å². The molecule has 0 bridgehead atoms. The van der Waals surface area contributed by atoms with Gasteiger partial charge in [0.25, 0.3) is 5.91 Å². The topological polar surface area (TPSA) is 99.8 Å². The molecule has 0 unspecified atom stereocenters. The van der Waals surface area contributed by atoms with Crippen molar-refractivity contribution in [1.29, 1.82) is 0 Å². The van der Waals surface area contributed by atoms with Crippen molar-refractivity contribution in [2.24, 2.45) is 0 Å². The Balaban J connectivity index is 1.67. The number of rotatable bonds is 5. The molecule has 0 spiro atoms. The predicted octanol–water partition coefficient (Wildman–Crippen LogP) is 1.00. The molecule has 0 atom stereocenters. The lowest BCUT2D eigenvalue weighted by Gasteiger charge is -2.14. The number of carbonyl (C=O) groups is 1. The molecule has 1 amide bonds. The number of amides is 1. The standard InChI is InChI=1S/C14H16N6O2/c1-20(14(21)12-8-15-19-18-12)6-5-13-16-10-4-3-9(22-2)7-11(10)17-13/h3-4,7-8H,5-6H2,1-2H3,(H,16,17)(H,15,18,19). The Kier molecular flexibility index (Phi) is 3.73. The molecule has 114 valence electrons. The molecular formula is C14H16N6O2. The number of likely N-dealkylation sites (N-methyl/N-ethyl adjacent to an activating group) is 1. The second kappa shape index (κ2) is 5.84. The molecule has 3 aromatic rings. The Hall–Kier alpha value is -2.90. The number of imidazole rings is 1. The van der Waals surface area contributed by atoms with Crippen LogP contribution in [0.1, 0.15) is 16.3 Å². The number of nitrogens with zero attached hydrogens (tertiary/aromatic N) is 4. The van der Waals surface area contributed by atoms with Crippen LogP contribution >= 0.6 is 0 Å². The molecule has 0 saturated heterocycles. The Morgan fingerprint density at radius 2 is 2.27 bits per heavy atom. The normalized spacial score (nSPS) is 10.8. The van der Waals surface area contributed by atoms with Crippen LogP contribution in [-0.2, 0) is 6.42 Å². The Morgan fingerprint density at radius 3 is 3.00 bits per heavy atom. The van der Waals surface area contributed by atoms with Crippen LogP contribution in [0, 0.1) is 0 Å². The smallest absolute Gasteiger partial charge is 0.275 e. The molecule has 1 aromatic carbocycles. The predicted molar refractivity (Wildman–Crippen MR) is 79.7 cm³/mol. The van der Waals surface area contributed by atoms with E-state index in [0.717, 1.165) is 22.6 Å². The summed E-state index contributed by atoms with van der Waals surface area (Å²) in [7, 11) is 3.35. The quantitative estimate of drug-likeness (QED) is 0.732. The van der Waals surface area contributed by atoms with E-state index in [2.05, 4.69) is 25.4 Å². The summed E-state index contributed by atoms with van der Waals surface area (Å²) in [5.41, 5.74) is 2.10. The van der Waals surface area contributed by atoms with Gasteiger partial charge in [0.05, 0.1) is 24.3 Å². The van der Waals surface area contributed by atoms with Crippen LogP contribution in [0.15, 0.2) is 24.4 Å². The van der Waals surface area contributed by atoms with Crippen molar-refractivity contribution in [2.45, 2.75) is 6.42 Å². The average Bonchev–Trinajstić information content (AvgIpc) is 3.19. The van der Waals surface area contributed by atoms with Crippen LogP contribution in [0.25, 0.3) is 11.0 Å². The van der Waals surface area contributed by atoms with E-state index in [0.29, 0.717) is 18.7 Å². The molecule has 8 nitrogen and oxygen atoms in total. The first-order chi connectivity index (χ1) is 10.7. The van der Waals surface area contributed by atoms with Crippen molar-refractivity contribution in [1.82, 2.24) is 30.3 Å². The zero-order chi connectivity index (χ0) is 15.5. The first kappa shape index (κ1) is 14.1. The second-order valence-electron chi connectivity index (χ2n) is 4.90. The number of benzene rings is 1. The van der Waals surface area contributed by atoms with Crippen LogP contribution in [0.3, 0.4) is 0 Å². The summed E-state index contributed by atoms with van der Waals surface area (Å²) in [4.78, 5) is 21.4. The van der Waals surface area contributed by atoms with Gasteiger partial charge in [-0.1, -0.05) is 0 Å². The molecule has 0 fully saturated rings. The van der Waals surface area contributed by atoms with Gasteiger partial charge in [0.1, 0.15) is 11.6 Å². The van der Waals surface area contributed by atoms with Gasteiger partial charge >= 0.3 is 0 Å². The van der Waals surface area contributed by atoms with Gasteiger partial charge < -0.3 is 14.6 Å². The summed E-state index contributed by atoms with van der Waals surface area (Å²) >= 11 is 0. The number of nitrogens with one attached hydrogen (secondary N) is 2. The molecular weight excluding hydrogens is 284 g/mol. The van der Waals surface area contributed by atoms with Gasteiger partial charge in [0.15, 0.2) is 5.69 Å². The monoisotopic (exact) mass is 300 g/mol. The van der Waals surface area contributed by atoms with Crippen molar-refractivity contribution in [3.05, 3.63) is 35.9 Å². The van der Waals surface area contributed by atoms with E-state index in [9.17, 15) is 4.79 Å². The number of carbonyl (C=O) groups excluding carboxylic acids is 1. The number of aromatic nitrogens is 5. The number of H-pyrrole nitrogens is 2. The maximum Gasteiger partial charge on any atom is 0.275 e. The minimum absolute atomic E-state index is 0.175. The fourth-order valence-electron chi connectivity index (χ4n) is 2.16. The summed E-state index contributed by atoms with van der Waals surface area (Å²) in [5.74, 6) is 1.43. The van der Waals surface area contributed by atoms with Crippen molar-refractivity contribution < 1.29 is 9.53 Å². The molecule has 2 N–H and O–H groups in total.